The second-order valence-corrected chi connectivity index (χ2v) is 5.18. The van der Waals surface area contributed by atoms with Gasteiger partial charge in [-0.3, -0.25) is 4.79 Å². The highest BCUT2D eigenvalue weighted by molar-refractivity contribution is 9.11. The summed E-state index contributed by atoms with van der Waals surface area (Å²) in [5.74, 6) is 0.234. The van der Waals surface area contributed by atoms with Gasteiger partial charge >= 0.3 is 0 Å². The van der Waals surface area contributed by atoms with E-state index in [0.29, 0.717) is 12.6 Å². The molecule has 0 radical (unpaired) electrons. The molecule has 1 aliphatic heterocycles. The summed E-state index contributed by atoms with van der Waals surface area (Å²) < 4.78 is 0.873. The van der Waals surface area contributed by atoms with Gasteiger partial charge in [0.2, 0.25) is 5.91 Å². The zero-order valence-corrected chi connectivity index (χ0v) is 9.72. The van der Waals surface area contributed by atoms with Gasteiger partial charge in [-0.1, -0.05) is 22.5 Å². The predicted octanol–water partition coefficient (Wildman–Crippen LogP) is 1.25. The molecule has 2 fully saturated rings. The highest BCUT2D eigenvalue weighted by Crippen LogP contribution is 2.23. The Labute approximate surface area is 92.7 Å². The molecule has 2 rings (SSSR count). The van der Waals surface area contributed by atoms with Gasteiger partial charge in [0.15, 0.2) is 0 Å². The Morgan fingerprint density at radius 2 is 2.29 bits per heavy atom. The first-order chi connectivity index (χ1) is 6.66. The van der Waals surface area contributed by atoms with Crippen molar-refractivity contribution in [2.75, 3.05) is 13.1 Å². The monoisotopic (exact) mass is 258 g/mol. The first-order valence-electron chi connectivity index (χ1n) is 5.05. The lowest BCUT2D eigenvalue weighted by molar-refractivity contribution is -0.129. The first kappa shape index (κ1) is 10.2. The van der Waals surface area contributed by atoms with Crippen molar-refractivity contribution >= 4 is 21.8 Å². The average molecular weight is 259 g/mol. The minimum atomic E-state index is 0.0642. The molecule has 1 atom stereocenters. The summed E-state index contributed by atoms with van der Waals surface area (Å²) in [5, 5.41) is 3.37. The molecule has 0 aromatic heterocycles. The molecular weight excluding hydrogens is 244 g/mol. The number of likely N-dealkylation sites (tertiary alicyclic amines) is 1. The van der Waals surface area contributed by atoms with Gasteiger partial charge < -0.3 is 10.2 Å². The maximum Gasteiger partial charge on any atom is 0.240 e. The van der Waals surface area contributed by atoms with Gasteiger partial charge in [0.1, 0.15) is 0 Å². The third-order valence-corrected chi connectivity index (χ3v) is 2.92. The van der Waals surface area contributed by atoms with Crippen LogP contribution in [0.15, 0.2) is 11.1 Å². The summed E-state index contributed by atoms with van der Waals surface area (Å²) in [4.78, 5) is 13.7. The van der Waals surface area contributed by atoms with E-state index in [2.05, 4.69) is 27.8 Å². The summed E-state index contributed by atoms with van der Waals surface area (Å²) in [6, 6.07) is 0.672. The van der Waals surface area contributed by atoms with E-state index in [-0.39, 0.29) is 11.9 Å². The van der Waals surface area contributed by atoms with E-state index in [1.165, 1.54) is 12.8 Å². The van der Waals surface area contributed by atoms with Crippen LogP contribution in [0.5, 0.6) is 0 Å². The molecule has 78 valence electrons. The molecule has 0 aromatic rings. The van der Waals surface area contributed by atoms with E-state index in [4.69, 9.17) is 0 Å². The molecule has 1 N–H and O–H groups in total. The number of rotatable bonds is 4. The van der Waals surface area contributed by atoms with Gasteiger partial charge in [0.25, 0.3) is 0 Å². The molecule has 1 saturated carbocycles. The molecule has 3 nitrogen and oxygen atoms in total. The SMILES string of the molecule is C=C(Br)CN1CCC(NC2CC2)C1=O. The van der Waals surface area contributed by atoms with Gasteiger partial charge in [-0.25, -0.2) is 0 Å². The van der Waals surface area contributed by atoms with Gasteiger partial charge in [-0.15, -0.1) is 0 Å². The Morgan fingerprint density at radius 1 is 1.57 bits per heavy atom. The molecule has 1 aliphatic carbocycles. The van der Waals surface area contributed by atoms with Crippen LogP contribution in [-0.2, 0) is 4.79 Å². The minimum Gasteiger partial charge on any atom is -0.336 e. The van der Waals surface area contributed by atoms with Crippen LogP contribution in [0.3, 0.4) is 0 Å². The lowest BCUT2D eigenvalue weighted by Gasteiger charge is -2.16. The second-order valence-electron chi connectivity index (χ2n) is 4.06. The molecule has 1 saturated heterocycles. The van der Waals surface area contributed by atoms with Crippen LogP contribution in [0, 0.1) is 0 Å². The Kier molecular flexibility index (Phi) is 2.93. The van der Waals surface area contributed by atoms with Crippen molar-refractivity contribution in [2.24, 2.45) is 0 Å². The van der Waals surface area contributed by atoms with E-state index in [1.807, 2.05) is 4.90 Å². The van der Waals surface area contributed by atoms with Crippen molar-refractivity contribution in [1.82, 2.24) is 10.2 Å². The Hall–Kier alpha value is -0.350. The summed E-state index contributed by atoms with van der Waals surface area (Å²) >= 11 is 3.29. The van der Waals surface area contributed by atoms with Crippen LogP contribution in [0.2, 0.25) is 0 Å². The van der Waals surface area contributed by atoms with E-state index in [1.54, 1.807) is 0 Å². The van der Waals surface area contributed by atoms with Crippen LogP contribution in [0.1, 0.15) is 19.3 Å². The second kappa shape index (κ2) is 4.03. The number of halogens is 1. The van der Waals surface area contributed by atoms with Gasteiger partial charge in [0.05, 0.1) is 12.6 Å². The molecule has 1 heterocycles. The number of nitrogens with zero attached hydrogens (tertiary/aromatic N) is 1. The molecule has 0 aromatic carbocycles. The maximum absolute atomic E-state index is 11.8. The average Bonchev–Trinajstić information content (AvgIpc) is 2.86. The Balaban J connectivity index is 1.85. The van der Waals surface area contributed by atoms with Crippen molar-refractivity contribution in [1.29, 1.82) is 0 Å². The molecule has 0 spiro atoms. The summed E-state index contributed by atoms with van der Waals surface area (Å²) in [7, 11) is 0. The number of hydrogen-bond donors (Lipinski definition) is 1. The molecule has 2 aliphatic rings. The quantitative estimate of drug-likeness (QED) is 0.824. The molecule has 14 heavy (non-hydrogen) atoms. The number of carbonyl (C=O) groups is 1. The third-order valence-electron chi connectivity index (χ3n) is 2.67. The fraction of sp³-hybridized carbons (Fsp3) is 0.700. The van der Waals surface area contributed by atoms with Gasteiger partial charge in [-0.2, -0.15) is 0 Å². The minimum absolute atomic E-state index is 0.0642. The zero-order chi connectivity index (χ0) is 10.1. The number of amides is 1. The highest BCUT2D eigenvalue weighted by Gasteiger charge is 2.35. The normalized spacial score (nSPS) is 27.1. The van der Waals surface area contributed by atoms with Crippen molar-refractivity contribution in [3.63, 3.8) is 0 Å². The van der Waals surface area contributed by atoms with Crippen molar-refractivity contribution in [3.05, 3.63) is 11.1 Å². The van der Waals surface area contributed by atoms with Crippen LogP contribution < -0.4 is 5.32 Å². The largest absolute Gasteiger partial charge is 0.336 e. The fourth-order valence-corrected chi connectivity index (χ4v) is 2.09. The number of carbonyl (C=O) groups excluding carboxylic acids is 1. The van der Waals surface area contributed by atoms with E-state index in [0.717, 1.165) is 17.4 Å². The van der Waals surface area contributed by atoms with Crippen LogP contribution in [0.4, 0.5) is 0 Å². The molecule has 4 heteroatoms. The van der Waals surface area contributed by atoms with Crippen molar-refractivity contribution in [3.8, 4) is 0 Å². The van der Waals surface area contributed by atoms with Gasteiger partial charge in [-0.05, 0) is 19.3 Å². The smallest absolute Gasteiger partial charge is 0.240 e. The summed E-state index contributed by atoms with van der Waals surface area (Å²) in [5.41, 5.74) is 0. The number of hydrogen-bond acceptors (Lipinski definition) is 2. The Bertz CT molecular complexity index is 263. The highest BCUT2D eigenvalue weighted by atomic mass is 79.9. The first-order valence-corrected chi connectivity index (χ1v) is 5.84. The lowest BCUT2D eigenvalue weighted by Crippen LogP contribution is -2.39. The fourth-order valence-electron chi connectivity index (χ4n) is 1.79. The third kappa shape index (κ3) is 2.36. The van der Waals surface area contributed by atoms with E-state index >= 15 is 0 Å². The molecular formula is C10H15BrN2O. The topological polar surface area (TPSA) is 32.3 Å². The maximum atomic E-state index is 11.8. The number of nitrogens with one attached hydrogen (secondary N) is 1. The Morgan fingerprint density at radius 3 is 2.86 bits per heavy atom. The summed E-state index contributed by atoms with van der Waals surface area (Å²) in [6.07, 6.45) is 3.40. The standard InChI is InChI=1S/C10H15BrN2O/c1-7(11)6-13-5-4-9(10(13)14)12-8-2-3-8/h8-9,12H,1-6H2. The molecule has 0 bridgehead atoms. The predicted molar refractivity (Wildman–Crippen MR) is 59.2 cm³/mol. The van der Waals surface area contributed by atoms with Crippen LogP contribution in [0.25, 0.3) is 0 Å². The van der Waals surface area contributed by atoms with Crippen molar-refractivity contribution < 1.29 is 4.79 Å². The summed E-state index contributed by atoms with van der Waals surface area (Å²) in [6.45, 7) is 5.25. The van der Waals surface area contributed by atoms with Crippen LogP contribution >= 0.6 is 15.9 Å². The van der Waals surface area contributed by atoms with Crippen molar-refractivity contribution in [2.45, 2.75) is 31.3 Å². The van der Waals surface area contributed by atoms with E-state index in [9.17, 15) is 4.79 Å². The molecule has 1 amide bonds. The lowest BCUT2D eigenvalue weighted by atomic mass is 10.2. The van der Waals surface area contributed by atoms with Gasteiger partial charge in [0, 0.05) is 17.1 Å². The van der Waals surface area contributed by atoms with Crippen LogP contribution in [-0.4, -0.2) is 36.0 Å². The van der Waals surface area contributed by atoms with E-state index < -0.39 is 0 Å². The zero-order valence-electron chi connectivity index (χ0n) is 8.13. The molecule has 1 unspecified atom stereocenters.